The number of imide groups is 1. The highest BCUT2D eigenvalue weighted by Crippen LogP contribution is 2.36. The molecule has 2 amide bonds. The fraction of sp³-hybridized carbons (Fsp3) is 0.360. The maximum Gasteiger partial charge on any atom is 0.277 e. The summed E-state index contributed by atoms with van der Waals surface area (Å²) in [5.74, 6) is -0.190. The van der Waals surface area contributed by atoms with Gasteiger partial charge in [0.05, 0.1) is 17.9 Å². The van der Waals surface area contributed by atoms with Crippen molar-refractivity contribution in [3.63, 3.8) is 0 Å². The minimum absolute atomic E-state index is 0.0583. The lowest BCUT2D eigenvalue weighted by atomic mass is 10.1. The Bertz CT molecular complexity index is 1010. The molecule has 6 nitrogen and oxygen atoms in total. The van der Waals surface area contributed by atoms with Crippen molar-refractivity contribution in [1.29, 1.82) is 0 Å². The zero-order valence-electron chi connectivity index (χ0n) is 18.5. The SMILES string of the molecule is CCCOc1ccc(C2=C(Cl)C(=O)N(c3ccc(N4CCN(CC)CC4)cc3)C2=O)cc1. The van der Waals surface area contributed by atoms with Crippen LogP contribution in [0.5, 0.6) is 5.75 Å². The van der Waals surface area contributed by atoms with Crippen LogP contribution in [0.1, 0.15) is 25.8 Å². The van der Waals surface area contributed by atoms with Crippen molar-refractivity contribution in [3.05, 3.63) is 59.1 Å². The van der Waals surface area contributed by atoms with Crippen LogP contribution >= 0.6 is 11.6 Å². The largest absolute Gasteiger partial charge is 0.494 e. The molecule has 0 bridgehead atoms. The smallest absolute Gasteiger partial charge is 0.277 e. The third-order valence-electron chi connectivity index (χ3n) is 5.94. The van der Waals surface area contributed by atoms with Crippen LogP contribution < -0.4 is 14.5 Å². The minimum Gasteiger partial charge on any atom is -0.494 e. The van der Waals surface area contributed by atoms with Gasteiger partial charge in [0.25, 0.3) is 11.8 Å². The molecular formula is C25H28ClN3O3. The molecule has 0 aliphatic carbocycles. The number of hydrogen-bond donors (Lipinski definition) is 0. The Labute approximate surface area is 194 Å². The molecule has 4 rings (SSSR count). The summed E-state index contributed by atoms with van der Waals surface area (Å²) >= 11 is 6.33. The van der Waals surface area contributed by atoms with Crippen molar-refractivity contribution in [1.82, 2.24) is 4.90 Å². The first-order valence-electron chi connectivity index (χ1n) is 11.1. The van der Waals surface area contributed by atoms with Crippen LogP contribution in [0.25, 0.3) is 5.57 Å². The molecule has 2 aromatic rings. The first kappa shape index (κ1) is 22.4. The van der Waals surface area contributed by atoms with E-state index < -0.39 is 11.8 Å². The van der Waals surface area contributed by atoms with Crippen molar-refractivity contribution in [2.45, 2.75) is 20.3 Å². The lowest BCUT2D eigenvalue weighted by molar-refractivity contribution is -0.119. The lowest BCUT2D eigenvalue weighted by Gasteiger charge is -2.35. The summed E-state index contributed by atoms with van der Waals surface area (Å²) in [7, 11) is 0. The van der Waals surface area contributed by atoms with E-state index in [1.807, 2.05) is 31.2 Å². The second-order valence-electron chi connectivity index (χ2n) is 7.95. The molecule has 2 aromatic carbocycles. The number of amides is 2. The van der Waals surface area contributed by atoms with Crippen LogP contribution in [0.3, 0.4) is 0 Å². The predicted octanol–water partition coefficient (Wildman–Crippen LogP) is 4.14. The van der Waals surface area contributed by atoms with Crippen molar-refractivity contribution in [2.75, 3.05) is 49.1 Å². The van der Waals surface area contributed by atoms with Gasteiger partial charge in [-0.3, -0.25) is 9.59 Å². The van der Waals surface area contributed by atoms with Gasteiger partial charge in [0, 0.05) is 31.9 Å². The van der Waals surface area contributed by atoms with Crippen LogP contribution in [-0.4, -0.2) is 56.0 Å². The highest BCUT2D eigenvalue weighted by Gasteiger charge is 2.39. The zero-order chi connectivity index (χ0) is 22.7. The molecule has 0 spiro atoms. The van der Waals surface area contributed by atoms with Crippen LogP contribution in [0, 0.1) is 0 Å². The van der Waals surface area contributed by atoms with Gasteiger partial charge in [-0.15, -0.1) is 0 Å². The van der Waals surface area contributed by atoms with E-state index in [0.29, 0.717) is 17.9 Å². The molecule has 2 aliphatic rings. The highest BCUT2D eigenvalue weighted by atomic mass is 35.5. The van der Waals surface area contributed by atoms with E-state index in [9.17, 15) is 9.59 Å². The van der Waals surface area contributed by atoms with Gasteiger partial charge in [-0.05, 0) is 54.9 Å². The first-order valence-corrected chi connectivity index (χ1v) is 11.5. The molecule has 0 N–H and O–H groups in total. The second-order valence-corrected chi connectivity index (χ2v) is 8.32. The Balaban J connectivity index is 1.50. The number of nitrogens with zero attached hydrogens (tertiary/aromatic N) is 3. The van der Waals surface area contributed by atoms with Gasteiger partial charge >= 0.3 is 0 Å². The fourth-order valence-corrected chi connectivity index (χ4v) is 4.33. The molecule has 0 unspecified atom stereocenters. The fourth-order valence-electron chi connectivity index (χ4n) is 4.06. The monoisotopic (exact) mass is 453 g/mol. The lowest BCUT2D eigenvalue weighted by Crippen LogP contribution is -2.46. The summed E-state index contributed by atoms with van der Waals surface area (Å²) in [6.45, 7) is 9.90. The molecule has 7 heteroatoms. The maximum absolute atomic E-state index is 13.2. The van der Waals surface area contributed by atoms with E-state index in [1.165, 1.54) is 0 Å². The van der Waals surface area contributed by atoms with E-state index in [2.05, 4.69) is 16.7 Å². The van der Waals surface area contributed by atoms with E-state index >= 15 is 0 Å². The second kappa shape index (κ2) is 9.76. The summed E-state index contributed by atoms with van der Waals surface area (Å²) < 4.78 is 5.59. The molecule has 0 radical (unpaired) electrons. The number of carbonyl (C=O) groups is 2. The van der Waals surface area contributed by atoms with Crippen LogP contribution in [-0.2, 0) is 9.59 Å². The number of anilines is 2. The summed E-state index contributed by atoms with van der Waals surface area (Å²) in [4.78, 5) is 31.9. The van der Waals surface area contributed by atoms with Crippen LogP contribution in [0.2, 0.25) is 0 Å². The van der Waals surface area contributed by atoms with Crippen molar-refractivity contribution >= 4 is 40.4 Å². The summed E-state index contributed by atoms with van der Waals surface area (Å²) in [6.07, 6.45) is 0.911. The molecular weight excluding hydrogens is 426 g/mol. The Morgan fingerprint density at radius 3 is 2.06 bits per heavy atom. The molecule has 1 fully saturated rings. The van der Waals surface area contributed by atoms with Crippen LogP contribution in [0.15, 0.2) is 53.6 Å². The van der Waals surface area contributed by atoms with Gasteiger partial charge in [-0.1, -0.05) is 37.6 Å². The van der Waals surface area contributed by atoms with Gasteiger partial charge in [0.2, 0.25) is 0 Å². The summed E-state index contributed by atoms with van der Waals surface area (Å²) in [6, 6.07) is 14.6. The topological polar surface area (TPSA) is 53.1 Å². The number of carbonyl (C=O) groups excluding carboxylic acids is 2. The molecule has 2 heterocycles. The Morgan fingerprint density at radius 2 is 1.47 bits per heavy atom. The zero-order valence-corrected chi connectivity index (χ0v) is 19.3. The predicted molar refractivity (Wildman–Crippen MR) is 128 cm³/mol. The normalized spacial score (nSPS) is 17.5. The minimum atomic E-state index is -0.498. The van der Waals surface area contributed by atoms with E-state index in [-0.39, 0.29) is 10.6 Å². The molecule has 168 valence electrons. The van der Waals surface area contributed by atoms with Gasteiger partial charge in [-0.25, -0.2) is 4.90 Å². The summed E-state index contributed by atoms with van der Waals surface area (Å²) in [5.41, 5.74) is 2.43. The van der Waals surface area contributed by atoms with Gasteiger partial charge < -0.3 is 14.5 Å². The quantitative estimate of drug-likeness (QED) is 0.590. The summed E-state index contributed by atoms with van der Waals surface area (Å²) in [5, 5.41) is -0.0583. The molecule has 0 atom stereocenters. The average Bonchev–Trinajstić information content (AvgIpc) is 3.06. The van der Waals surface area contributed by atoms with Crippen molar-refractivity contribution in [3.8, 4) is 5.75 Å². The third kappa shape index (κ3) is 4.38. The molecule has 1 saturated heterocycles. The van der Waals surface area contributed by atoms with Gasteiger partial charge in [-0.2, -0.15) is 0 Å². The Kier molecular flexibility index (Phi) is 6.82. The van der Waals surface area contributed by atoms with Gasteiger partial charge in [0.15, 0.2) is 0 Å². The number of likely N-dealkylation sites (N-methyl/N-ethyl adjacent to an activating group) is 1. The first-order chi connectivity index (χ1) is 15.5. The Hall–Kier alpha value is -2.83. The highest BCUT2D eigenvalue weighted by molar-refractivity contribution is 6.60. The Morgan fingerprint density at radius 1 is 0.844 bits per heavy atom. The van der Waals surface area contributed by atoms with E-state index in [4.69, 9.17) is 16.3 Å². The number of halogens is 1. The number of benzene rings is 2. The van der Waals surface area contributed by atoms with Crippen molar-refractivity contribution in [2.24, 2.45) is 0 Å². The standard InChI is InChI=1S/C25H28ClN3O3/c1-3-17-32-21-11-5-18(6-12-21)22-23(26)25(31)29(24(22)30)20-9-7-19(8-10-20)28-15-13-27(4-2)14-16-28/h5-12H,3-4,13-17H2,1-2H3. The maximum atomic E-state index is 13.2. The third-order valence-corrected chi connectivity index (χ3v) is 6.29. The van der Waals surface area contributed by atoms with E-state index in [0.717, 1.165) is 55.5 Å². The van der Waals surface area contributed by atoms with E-state index in [1.54, 1.807) is 24.3 Å². The number of hydrogen-bond acceptors (Lipinski definition) is 5. The molecule has 2 aliphatic heterocycles. The number of rotatable bonds is 7. The van der Waals surface area contributed by atoms with Crippen molar-refractivity contribution < 1.29 is 14.3 Å². The molecule has 0 saturated carbocycles. The van der Waals surface area contributed by atoms with Crippen LogP contribution in [0.4, 0.5) is 11.4 Å². The van der Waals surface area contributed by atoms with Gasteiger partial charge in [0.1, 0.15) is 10.8 Å². The average molecular weight is 454 g/mol. The molecule has 0 aromatic heterocycles. The number of piperazine rings is 1. The molecule has 32 heavy (non-hydrogen) atoms. The number of ether oxygens (including phenoxy) is 1.